The molecule has 0 amide bonds. The van der Waals surface area contributed by atoms with Crippen molar-refractivity contribution in [2.75, 3.05) is 29.6 Å². The van der Waals surface area contributed by atoms with Crippen LogP contribution in [0.15, 0.2) is 0 Å². The third-order valence-corrected chi connectivity index (χ3v) is 3.93. The van der Waals surface area contributed by atoms with Gasteiger partial charge in [0, 0.05) is 11.8 Å². The number of rotatable bonds is 6. The standard InChI is InChI=1S/C10H18N6OS/c1-2-17-10-14-8(13-9(15-10)16-11)12-6-7-4-3-5-18-7/h7H,2-6,11H2,1H3,(H2,12,13,14,15,16). The van der Waals surface area contributed by atoms with Gasteiger partial charge in [-0.05, 0) is 25.5 Å². The van der Waals surface area contributed by atoms with Crippen LogP contribution in [0.4, 0.5) is 11.9 Å². The van der Waals surface area contributed by atoms with E-state index in [1.165, 1.54) is 18.6 Å². The van der Waals surface area contributed by atoms with Crippen LogP contribution in [-0.2, 0) is 0 Å². The molecule has 1 aromatic heterocycles. The lowest BCUT2D eigenvalue weighted by Gasteiger charge is -2.11. The second-order valence-corrected chi connectivity index (χ2v) is 5.27. The number of nitrogens with one attached hydrogen (secondary N) is 2. The molecule has 18 heavy (non-hydrogen) atoms. The van der Waals surface area contributed by atoms with Gasteiger partial charge in [-0.1, -0.05) is 0 Å². The predicted molar refractivity (Wildman–Crippen MR) is 72.8 cm³/mol. The summed E-state index contributed by atoms with van der Waals surface area (Å²) in [6.45, 7) is 3.23. The summed E-state index contributed by atoms with van der Waals surface area (Å²) in [6.07, 6.45) is 2.52. The molecule has 0 radical (unpaired) electrons. The number of thioether (sulfide) groups is 1. The number of hydrazine groups is 1. The Morgan fingerprint density at radius 1 is 1.39 bits per heavy atom. The second-order valence-electron chi connectivity index (χ2n) is 3.86. The van der Waals surface area contributed by atoms with Gasteiger partial charge >= 0.3 is 6.01 Å². The fourth-order valence-electron chi connectivity index (χ4n) is 1.70. The van der Waals surface area contributed by atoms with Gasteiger partial charge < -0.3 is 10.1 Å². The molecule has 1 aliphatic heterocycles. The molecular formula is C10H18N6OS. The van der Waals surface area contributed by atoms with Crippen LogP contribution >= 0.6 is 11.8 Å². The van der Waals surface area contributed by atoms with Gasteiger partial charge in [0.15, 0.2) is 0 Å². The van der Waals surface area contributed by atoms with Crippen molar-refractivity contribution in [3.05, 3.63) is 0 Å². The van der Waals surface area contributed by atoms with Crippen molar-refractivity contribution in [2.24, 2.45) is 5.84 Å². The minimum Gasteiger partial charge on any atom is -0.464 e. The molecule has 1 fully saturated rings. The van der Waals surface area contributed by atoms with Crippen LogP contribution in [-0.4, -0.2) is 39.1 Å². The first-order valence-corrected chi connectivity index (χ1v) is 7.07. The number of nitrogens with zero attached hydrogens (tertiary/aromatic N) is 3. The van der Waals surface area contributed by atoms with E-state index in [-0.39, 0.29) is 6.01 Å². The van der Waals surface area contributed by atoms with Gasteiger partial charge in [-0.15, -0.1) is 0 Å². The molecule has 1 saturated heterocycles. The molecule has 0 saturated carbocycles. The Morgan fingerprint density at radius 3 is 2.89 bits per heavy atom. The summed E-state index contributed by atoms with van der Waals surface area (Å²) in [6, 6.07) is 0.280. The Balaban J connectivity index is 1.98. The number of ether oxygens (including phenoxy) is 1. The van der Waals surface area contributed by atoms with Crippen LogP contribution in [0.1, 0.15) is 19.8 Å². The summed E-state index contributed by atoms with van der Waals surface area (Å²) in [7, 11) is 0. The van der Waals surface area contributed by atoms with E-state index < -0.39 is 0 Å². The molecule has 7 nitrogen and oxygen atoms in total. The molecule has 100 valence electrons. The molecular weight excluding hydrogens is 252 g/mol. The van der Waals surface area contributed by atoms with Crippen LogP contribution in [0.5, 0.6) is 6.01 Å². The minimum absolute atomic E-state index is 0.280. The van der Waals surface area contributed by atoms with Gasteiger partial charge in [-0.2, -0.15) is 26.7 Å². The Bertz CT molecular complexity index is 385. The van der Waals surface area contributed by atoms with E-state index in [1.807, 2.05) is 18.7 Å². The first-order valence-electron chi connectivity index (χ1n) is 6.02. The fraction of sp³-hybridized carbons (Fsp3) is 0.700. The van der Waals surface area contributed by atoms with E-state index in [0.717, 1.165) is 6.54 Å². The molecule has 1 unspecified atom stereocenters. The summed E-state index contributed by atoms with van der Waals surface area (Å²) < 4.78 is 5.26. The van der Waals surface area contributed by atoms with Gasteiger partial charge in [0.25, 0.3) is 0 Å². The van der Waals surface area contributed by atoms with E-state index in [0.29, 0.717) is 23.8 Å². The maximum Gasteiger partial charge on any atom is 0.323 e. The van der Waals surface area contributed by atoms with Gasteiger partial charge in [0.05, 0.1) is 6.61 Å². The molecule has 1 atom stereocenters. The van der Waals surface area contributed by atoms with Crippen LogP contribution in [0.25, 0.3) is 0 Å². The van der Waals surface area contributed by atoms with E-state index in [4.69, 9.17) is 10.6 Å². The largest absolute Gasteiger partial charge is 0.464 e. The molecule has 2 rings (SSSR count). The van der Waals surface area contributed by atoms with Gasteiger partial charge in [-0.3, -0.25) is 5.43 Å². The van der Waals surface area contributed by atoms with Gasteiger partial charge in [-0.25, -0.2) is 5.84 Å². The predicted octanol–water partition coefficient (Wildman–Crippen LogP) is 0.863. The summed E-state index contributed by atoms with van der Waals surface area (Å²) in [5.74, 6) is 7.35. The minimum atomic E-state index is 0.280. The van der Waals surface area contributed by atoms with Crippen molar-refractivity contribution < 1.29 is 4.74 Å². The van der Waals surface area contributed by atoms with Crippen molar-refractivity contribution in [2.45, 2.75) is 25.0 Å². The Kier molecular flexibility index (Phi) is 4.82. The Hall–Kier alpha value is -1.28. The quantitative estimate of drug-likeness (QED) is 0.517. The van der Waals surface area contributed by atoms with Crippen LogP contribution in [0.2, 0.25) is 0 Å². The maximum atomic E-state index is 5.31. The van der Waals surface area contributed by atoms with Gasteiger partial charge in [0.2, 0.25) is 11.9 Å². The molecule has 8 heteroatoms. The third-order valence-electron chi connectivity index (χ3n) is 2.53. The van der Waals surface area contributed by atoms with Crippen LogP contribution in [0, 0.1) is 0 Å². The van der Waals surface area contributed by atoms with Gasteiger partial charge in [0.1, 0.15) is 0 Å². The van der Waals surface area contributed by atoms with Crippen LogP contribution in [0.3, 0.4) is 0 Å². The Morgan fingerprint density at radius 2 is 2.22 bits per heavy atom. The number of aromatic nitrogens is 3. The normalized spacial score (nSPS) is 18.7. The highest BCUT2D eigenvalue weighted by molar-refractivity contribution is 8.00. The average Bonchev–Trinajstić information content (AvgIpc) is 2.89. The molecule has 4 N–H and O–H groups in total. The molecule has 2 heterocycles. The number of hydrogen-bond donors (Lipinski definition) is 3. The SMILES string of the molecule is CCOc1nc(NN)nc(NCC2CCCS2)n1. The molecule has 0 spiro atoms. The zero-order valence-electron chi connectivity index (χ0n) is 10.3. The van der Waals surface area contributed by atoms with E-state index in [1.54, 1.807) is 0 Å². The molecule has 1 aromatic rings. The van der Waals surface area contributed by atoms with Crippen molar-refractivity contribution in [3.8, 4) is 6.01 Å². The van der Waals surface area contributed by atoms with E-state index in [2.05, 4.69) is 25.7 Å². The highest BCUT2D eigenvalue weighted by atomic mass is 32.2. The third kappa shape index (κ3) is 3.61. The summed E-state index contributed by atoms with van der Waals surface area (Å²) in [4.78, 5) is 12.3. The molecule has 0 aromatic carbocycles. The molecule has 0 bridgehead atoms. The lowest BCUT2D eigenvalue weighted by molar-refractivity contribution is 0.312. The Labute approximate surface area is 110 Å². The van der Waals surface area contributed by atoms with E-state index >= 15 is 0 Å². The summed E-state index contributed by atoms with van der Waals surface area (Å²) in [5.41, 5.74) is 2.41. The maximum absolute atomic E-state index is 5.31. The topological polar surface area (TPSA) is 98.0 Å². The second kappa shape index (κ2) is 6.60. The van der Waals surface area contributed by atoms with E-state index in [9.17, 15) is 0 Å². The molecule has 1 aliphatic rings. The van der Waals surface area contributed by atoms with Crippen molar-refractivity contribution in [3.63, 3.8) is 0 Å². The van der Waals surface area contributed by atoms with Crippen LogP contribution < -0.4 is 21.3 Å². The number of nitrogens with two attached hydrogens (primary N) is 1. The highest BCUT2D eigenvalue weighted by Gasteiger charge is 2.16. The number of nitrogen functional groups attached to an aromatic ring is 1. The fourth-order valence-corrected chi connectivity index (χ4v) is 2.91. The zero-order valence-corrected chi connectivity index (χ0v) is 11.2. The summed E-state index contributed by atoms with van der Waals surface area (Å²) in [5, 5.41) is 3.83. The molecule has 0 aliphatic carbocycles. The van der Waals surface area contributed by atoms with Crippen molar-refractivity contribution in [1.82, 2.24) is 15.0 Å². The zero-order chi connectivity index (χ0) is 12.8. The lowest BCUT2D eigenvalue weighted by Crippen LogP contribution is -2.18. The lowest BCUT2D eigenvalue weighted by atomic mass is 10.2. The first-order chi connectivity index (χ1) is 8.81. The number of hydrogen-bond acceptors (Lipinski definition) is 8. The smallest absolute Gasteiger partial charge is 0.323 e. The van der Waals surface area contributed by atoms with Crippen molar-refractivity contribution >= 4 is 23.7 Å². The van der Waals surface area contributed by atoms with Crippen molar-refractivity contribution in [1.29, 1.82) is 0 Å². The summed E-state index contributed by atoms with van der Waals surface area (Å²) >= 11 is 1.98. The highest BCUT2D eigenvalue weighted by Crippen LogP contribution is 2.26. The first kappa shape index (κ1) is 13.2. The number of anilines is 2. The average molecular weight is 270 g/mol. The monoisotopic (exact) mass is 270 g/mol.